The Bertz CT molecular complexity index is 720. The van der Waals surface area contributed by atoms with Crippen molar-refractivity contribution in [2.45, 2.75) is 13.2 Å². The van der Waals surface area contributed by atoms with Crippen LogP contribution in [0.1, 0.15) is 11.3 Å². The van der Waals surface area contributed by atoms with Gasteiger partial charge in [-0.15, -0.1) is 0 Å². The minimum Gasteiger partial charge on any atom is -0.497 e. The largest absolute Gasteiger partial charge is 0.497 e. The first-order valence-corrected chi connectivity index (χ1v) is 6.50. The fourth-order valence-corrected chi connectivity index (χ4v) is 2.35. The molecule has 4 heteroatoms. The molecule has 0 aliphatic rings. The second kappa shape index (κ2) is 5.35. The Morgan fingerprint density at radius 3 is 2.65 bits per heavy atom. The van der Waals surface area contributed by atoms with Crippen molar-refractivity contribution in [2.75, 3.05) is 7.11 Å². The van der Waals surface area contributed by atoms with Crippen molar-refractivity contribution >= 4 is 10.9 Å². The Hall–Kier alpha value is -2.33. The number of rotatable bonds is 4. The maximum atomic E-state index is 9.46. The summed E-state index contributed by atoms with van der Waals surface area (Å²) in [5, 5.41) is 14.9. The summed E-state index contributed by atoms with van der Waals surface area (Å²) in [5.74, 6) is 0.770. The molecule has 1 aromatic heterocycles. The SMILES string of the molecule is COc1ccc2c(c1)c(CO)nn2Cc1ccccc1. The van der Waals surface area contributed by atoms with Crippen molar-refractivity contribution in [2.24, 2.45) is 0 Å². The zero-order valence-corrected chi connectivity index (χ0v) is 11.3. The van der Waals surface area contributed by atoms with Gasteiger partial charge in [0.15, 0.2) is 0 Å². The second-order valence-electron chi connectivity index (χ2n) is 4.63. The van der Waals surface area contributed by atoms with E-state index in [1.165, 1.54) is 5.56 Å². The van der Waals surface area contributed by atoms with E-state index in [4.69, 9.17) is 4.74 Å². The van der Waals surface area contributed by atoms with Crippen molar-refractivity contribution in [3.63, 3.8) is 0 Å². The molecule has 1 N–H and O–H groups in total. The molecule has 0 spiro atoms. The quantitative estimate of drug-likeness (QED) is 0.791. The normalized spacial score (nSPS) is 10.9. The summed E-state index contributed by atoms with van der Waals surface area (Å²) in [7, 11) is 1.63. The molecule has 0 atom stereocenters. The fraction of sp³-hybridized carbons (Fsp3) is 0.188. The van der Waals surface area contributed by atoms with Crippen LogP contribution < -0.4 is 4.74 Å². The molecule has 0 unspecified atom stereocenters. The van der Waals surface area contributed by atoms with Gasteiger partial charge in [0.05, 0.1) is 31.5 Å². The summed E-state index contributed by atoms with van der Waals surface area (Å²) < 4.78 is 7.14. The maximum absolute atomic E-state index is 9.46. The highest BCUT2D eigenvalue weighted by Gasteiger charge is 2.11. The molecule has 3 aromatic rings. The molecule has 0 aliphatic carbocycles. The topological polar surface area (TPSA) is 47.3 Å². The number of ether oxygens (including phenoxy) is 1. The van der Waals surface area contributed by atoms with Crippen LogP contribution in [0.2, 0.25) is 0 Å². The molecule has 4 nitrogen and oxygen atoms in total. The number of aliphatic hydroxyl groups excluding tert-OH is 1. The molecule has 0 amide bonds. The summed E-state index contributed by atoms with van der Waals surface area (Å²) in [6.45, 7) is 0.606. The van der Waals surface area contributed by atoms with E-state index in [2.05, 4.69) is 17.2 Å². The van der Waals surface area contributed by atoms with E-state index < -0.39 is 0 Å². The van der Waals surface area contributed by atoms with Crippen molar-refractivity contribution < 1.29 is 9.84 Å². The average Bonchev–Trinajstić information content (AvgIpc) is 2.85. The van der Waals surface area contributed by atoms with Crippen molar-refractivity contribution in [3.8, 4) is 5.75 Å². The maximum Gasteiger partial charge on any atom is 0.119 e. The van der Waals surface area contributed by atoms with Crippen molar-refractivity contribution in [1.29, 1.82) is 0 Å². The number of hydrogen-bond acceptors (Lipinski definition) is 3. The molecule has 3 rings (SSSR count). The number of benzene rings is 2. The van der Waals surface area contributed by atoms with Crippen LogP contribution in [0.25, 0.3) is 10.9 Å². The van der Waals surface area contributed by atoms with Crippen LogP contribution in [-0.4, -0.2) is 22.0 Å². The number of aliphatic hydroxyl groups is 1. The fourth-order valence-electron chi connectivity index (χ4n) is 2.35. The molecule has 20 heavy (non-hydrogen) atoms. The lowest BCUT2D eigenvalue weighted by molar-refractivity contribution is 0.276. The number of methoxy groups -OCH3 is 1. The lowest BCUT2D eigenvalue weighted by atomic mass is 10.2. The first-order chi connectivity index (χ1) is 9.81. The smallest absolute Gasteiger partial charge is 0.119 e. The lowest BCUT2D eigenvalue weighted by Gasteiger charge is -2.04. The zero-order chi connectivity index (χ0) is 13.9. The third-order valence-corrected chi connectivity index (χ3v) is 3.36. The van der Waals surface area contributed by atoms with Gasteiger partial charge < -0.3 is 9.84 Å². The Morgan fingerprint density at radius 2 is 1.95 bits per heavy atom. The molecule has 1 heterocycles. The monoisotopic (exact) mass is 268 g/mol. The highest BCUT2D eigenvalue weighted by molar-refractivity contribution is 5.83. The Morgan fingerprint density at radius 1 is 1.15 bits per heavy atom. The third kappa shape index (κ3) is 2.26. The van der Waals surface area contributed by atoms with E-state index in [-0.39, 0.29) is 6.61 Å². The Kier molecular flexibility index (Phi) is 3.39. The predicted molar refractivity (Wildman–Crippen MR) is 77.8 cm³/mol. The number of hydrogen-bond donors (Lipinski definition) is 1. The van der Waals surface area contributed by atoms with Crippen LogP contribution in [-0.2, 0) is 13.2 Å². The van der Waals surface area contributed by atoms with E-state index >= 15 is 0 Å². The van der Waals surface area contributed by atoms with Crippen LogP contribution in [0.5, 0.6) is 5.75 Å². The Labute approximate surface area is 117 Å². The van der Waals surface area contributed by atoms with Crippen LogP contribution in [0.3, 0.4) is 0 Å². The van der Waals surface area contributed by atoms with Gasteiger partial charge in [0.2, 0.25) is 0 Å². The van der Waals surface area contributed by atoms with Gasteiger partial charge in [0, 0.05) is 5.39 Å². The zero-order valence-electron chi connectivity index (χ0n) is 11.3. The van der Waals surface area contributed by atoms with Gasteiger partial charge >= 0.3 is 0 Å². The van der Waals surface area contributed by atoms with Crippen LogP contribution in [0.4, 0.5) is 0 Å². The van der Waals surface area contributed by atoms with Crippen LogP contribution in [0.15, 0.2) is 48.5 Å². The number of fused-ring (bicyclic) bond motifs is 1. The van der Waals surface area contributed by atoms with Gasteiger partial charge in [0.1, 0.15) is 5.75 Å². The molecule has 102 valence electrons. The standard InChI is InChI=1S/C16H16N2O2/c1-20-13-7-8-16-14(9-13)15(11-19)17-18(16)10-12-5-3-2-4-6-12/h2-9,19H,10-11H2,1H3. The summed E-state index contributed by atoms with van der Waals surface area (Å²) in [6.07, 6.45) is 0. The first-order valence-electron chi connectivity index (χ1n) is 6.50. The van der Waals surface area contributed by atoms with E-state index in [1.807, 2.05) is 41.1 Å². The molecule has 0 fully saturated rings. The van der Waals surface area contributed by atoms with E-state index in [9.17, 15) is 5.11 Å². The molecule has 0 aliphatic heterocycles. The molecule has 0 saturated carbocycles. The van der Waals surface area contributed by atoms with E-state index in [0.717, 1.165) is 16.7 Å². The number of aromatic nitrogens is 2. The summed E-state index contributed by atoms with van der Waals surface area (Å²) >= 11 is 0. The summed E-state index contributed by atoms with van der Waals surface area (Å²) in [6, 6.07) is 15.9. The van der Waals surface area contributed by atoms with Crippen LogP contribution in [0, 0.1) is 0 Å². The minimum atomic E-state index is -0.0779. The van der Waals surface area contributed by atoms with Gasteiger partial charge in [-0.25, -0.2) is 0 Å². The number of nitrogens with zero attached hydrogens (tertiary/aromatic N) is 2. The first kappa shape index (κ1) is 12.7. The highest BCUT2D eigenvalue weighted by atomic mass is 16.5. The lowest BCUT2D eigenvalue weighted by Crippen LogP contribution is -2.02. The summed E-state index contributed by atoms with van der Waals surface area (Å²) in [5.41, 5.74) is 2.85. The van der Waals surface area contributed by atoms with Gasteiger partial charge in [-0.1, -0.05) is 30.3 Å². The van der Waals surface area contributed by atoms with Gasteiger partial charge in [0.25, 0.3) is 0 Å². The molecule has 0 saturated heterocycles. The van der Waals surface area contributed by atoms with Gasteiger partial charge in [-0.05, 0) is 23.8 Å². The van der Waals surface area contributed by atoms with Crippen molar-refractivity contribution in [1.82, 2.24) is 9.78 Å². The van der Waals surface area contributed by atoms with E-state index in [0.29, 0.717) is 12.2 Å². The second-order valence-corrected chi connectivity index (χ2v) is 4.63. The van der Waals surface area contributed by atoms with Crippen molar-refractivity contribution in [3.05, 3.63) is 59.8 Å². The predicted octanol–water partition coefficient (Wildman–Crippen LogP) is 2.59. The van der Waals surface area contributed by atoms with E-state index in [1.54, 1.807) is 7.11 Å². The highest BCUT2D eigenvalue weighted by Crippen LogP contribution is 2.24. The van der Waals surface area contributed by atoms with Gasteiger partial charge in [-0.2, -0.15) is 5.10 Å². The average molecular weight is 268 g/mol. The Balaban J connectivity index is 2.07. The molecular weight excluding hydrogens is 252 g/mol. The van der Waals surface area contributed by atoms with Gasteiger partial charge in [-0.3, -0.25) is 4.68 Å². The van der Waals surface area contributed by atoms with Crippen LogP contribution >= 0.6 is 0 Å². The summed E-state index contributed by atoms with van der Waals surface area (Å²) in [4.78, 5) is 0. The molecule has 0 radical (unpaired) electrons. The molecular formula is C16H16N2O2. The molecule has 2 aromatic carbocycles. The minimum absolute atomic E-state index is 0.0779. The molecule has 0 bridgehead atoms. The third-order valence-electron chi connectivity index (χ3n) is 3.36.